The molecule has 1 aliphatic heterocycles. The Morgan fingerprint density at radius 2 is 2.24 bits per heavy atom. The van der Waals surface area contributed by atoms with E-state index in [0.717, 1.165) is 25.1 Å². The van der Waals surface area contributed by atoms with Gasteiger partial charge in [-0.15, -0.1) is 10.2 Å². The predicted octanol–water partition coefficient (Wildman–Crippen LogP) is 2.70. The van der Waals surface area contributed by atoms with Gasteiger partial charge in [0.2, 0.25) is 11.8 Å². The molecule has 0 unspecified atom stereocenters. The Labute approximate surface area is 127 Å². The molecule has 0 saturated heterocycles. The van der Waals surface area contributed by atoms with Gasteiger partial charge in [-0.25, -0.2) is 0 Å². The van der Waals surface area contributed by atoms with Crippen LogP contribution < -0.4 is 4.90 Å². The summed E-state index contributed by atoms with van der Waals surface area (Å²) in [7, 11) is 0. The maximum Gasteiger partial charge on any atom is 0.277 e. The van der Waals surface area contributed by atoms with E-state index in [4.69, 9.17) is 4.42 Å². The summed E-state index contributed by atoms with van der Waals surface area (Å²) in [6.07, 6.45) is 2.76. The number of thioether (sulfide) groups is 1. The molecule has 0 N–H and O–H groups in total. The van der Waals surface area contributed by atoms with E-state index >= 15 is 0 Å². The normalized spacial score (nSPS) is 14.0. The van der Waals surface area contributed by atoms with E-state index in [-0.39, 0.29) is 5.91 Å². The predicted molar refractivity (Wildman–Crippen MR) is 81.5 cm³/mol. The van der Waals surface area contributed by atoms with Gasteiger partial charge < -0.3 is 9.32 Å². The first-order chi connectivity index (χ1) is 10.3. The molecule has 2 aromatic rings. The summed E-state index contributed by atoms with van der Waals surface area (Å²) in [4.78, 5) is 14.3. The minimum absolute atomic E-state index is 0.0865. The van der Waals surface area contributed by atoms with Gasteiger partial charge in [0.25, 0.3) is 5.22 Å². The van der Waals surface area contributed by atoms with Crippen LogP contribution in [0.25, 0.3) is 0 Å². The molecule has 5 nitrogen and oxygen atoms in total. The third-order valence-electron chi connectivity index (χ3n) is 3.48. The largest absolute Gasteiger partial charge is 0.416 e. The Morgan fingerprint density at radius 3 is 3.05 bits per heavy atom. The van der Waals surface area contributed by atoms with Crippen LogP contribution in [0.5, 0.6) is 0 Å². The number of hydrogen-bond donors (Lipinski definition) is 0. The topological polar surface area (TPSA) is 59.2 Å². The second-order valence-electron chi connectivity index (χ2n) is 4.88. The molecule has 1 aromatic heterocycles. The number of aromatic nitrogens is 2. The lowest BCUT2D eigenvalue weighted by molar-refractivity contribution is -0.116. The van der Waals surface area contributed by atoms with Crippen LogP contribution in [0.2, 0.25) is 0 Å². The average molecular weight is 303 g/mol. The molecule has 6 heteroatoms. The van der Waals surface area contributed by atoms with E-state index in [9.17, 15) is 4.79 Å². The van der Waals surface area contributed by atoms with Crippen molar-refractivity contribution in [2.24, 2.45) is 0 Å². The van der Waals surface area contributed by atoms with Gasteiger partial charge in [0.1, 0.15) is 0 Å². The summed E-state index contributed by atoms with van der Waals surface area (Å²) < 4.78 is 5.41. The molecule has 1 aromatic carbocycles. The van der Waals surface area contributed by atoms with Crippen molar-refractivity contribution in [3.63, 3.8) is 0 Å². The highest BCUT2D eigenvalue weighted by Crippen LogP contribution is 2.28. The van der Waals surface area contributed by atoms with Gasteiger partial charge in [-0.05, 0) is 24.5 Å². The quantitative estimate of drug-likeness (QED) is 0.813. The Kier molecular flexibility index (Phi) is 4.24. The molecule has 0 atom stereocenters. The number of carbonyl (C=O) groups excluding carboxylic acids is 1. The van der Waals surface area contributed by atoms with E-state index < -0.39 is 0 Å². The van der Waals surface area contributed by atoms with Crippen LogP contribution in [-0.4, -0.2) is 28.4 Å². The Balaban J connectivity index is 1.66. The lowest BCUT2D eigenvalue weighted by Gasteiger charge is -2.29. The Hall–Kier alpha value is -1.82. The van der Waals surface area contributed by atoms with E-state index in [1.165, 1.54) is 17.3 Å². The lowest BCUT2D eigenvalue weighted by Crippen LogP contribution is -2.36. The molecule has 2 heterocycles. The van der Waals surface area contributed by atoms with Gasteiger partial charge in [0, 0.05) is 18.7 Å². The molecular formula is C15H17N3O2S. The van der Waals surface area contributed by atoms with Crippen LogP contribution in [0, 0.1) is 0 Å². The monoisotopic (exact) mass is 303 g/mol. The molecule has 0 saturated carbocycles. The Bertz CT molecular complexity index is 641. The van der Waals surface area contributed by atoms with Gasteiger partial charge in [0.15, 0.2) is 0 Å². The van der Waals surface area contributed by atoms with E-state index in [0.29, 0.717) is 23.3 Å². The van der Waals surface area contributed by atoms with Gasteiger partial charge in [0.05, 0.1) is 5.75 Å². The molecule has 0 aliphatic carbocycles. The van der Waals surface area contributed by atoms with Gasteiger partial charge in [-0.3, -0.25) is 4.79 Å². The molecule has 1 amide bonds. The van der Waals surface area contributed by atoms with Gasteiger partial charge in [-0.1, -0.05) is 36.9 Å². The smallest absolute Gasteiger partial charge is 0.277 e. The maximum atomic E-state index is 12.4. The average Bonchev–Trinajstić information content (AvgIpc) is 3.00. The third kappa shape index (κ3) is 3.10. The molecule has 21 heavy (non-hydrogen) atoms. The molecule has 0 spiro atoms. The third-order valence-corrected chi connectivity index (χ3v) is 4.28. The summed E-state index contributed by atoms with van der Waals surface area (Å²) in [5.41, 5.74) is 2.28. The number of hydrogen-bond acceptors (Lipinski definition) is 5. The minimum atomic E-state index is 0.0865. The van der Waals surface area contributed by atoms with Crippen LogP contribution in [0.4, 0.5) is 5.69 Å². The second-order valence-corrected chi connectivity index (χ2v) is 5.81. The van der Waals surface area contributed by atoms with Crippen LogP contribution in [-0.2, 0) is 17.6 Å². The van der Waals surface area contributed by atoms with Crippen LogP contribution in [0.1, 0.15) is 24.8 Å². The number of nitrogens with zero attached hydrogens (tertiary/aromatic N) is 3. The molecule has 0 bridgehead atoms. The van der Waals surface area contributed by atoms with Gasteiger partial charge >= 0.3 is 0 Å². The summed E-state index contributed by atoms with van der Waals surface area (Å²) in [5, 5.41) is 8.29. The highest BCUT2D eigenvalue weighted by molar-refractivity contribution is 7.99. The number of carbonyl (C=O) groups is 1. The summed E-state index contributed by atoms with van der Waals surface area (Å²) >= 11 is 1.30. The van der Waals surface area contributed by atoms with E-state index in [2.05, 4.69) is 16.3 Å². The zero-order chi connectivity index (χ0) is 14.7. The molecule has 1 aliphatic rings. The SMILES string of the molecule is CCc1nnc(SCC(=O)N2CCCc3ccccc32)o1. The molecule has 0 fully saturated rings. The fourth-order valence-corrected chi connectivity index (χ4v) is 3.09. The standard InChI is InChI=1S/C15H17N3O2S/c1-2-13-16-17-15(20-13)21-10-14(19)18-9-5-7-11-6-3-4-8-12(11)18/h3-4,6,8H,2,5,7,9-10H2,1H3. The van der Waals surface area contributed by atoms with Crippen LogP contribution >= 0.6 is 11.8 Å². The highest BCUT2D eigenvalue weighted by Gasteiger charge is 2.22. The Morgan fingerprint density at radius 1 is 1.38 bits per heavy atom. The number of aryl methyl sites for hydroxylation is 2. The van der Waals surface area contributed by atoms with Crippen molar-refractivity contribution < 1.29 is 9.21 Å². The summed E-state index contributed by atoms with van der Waals surface area (Å²) in [6.45, 7) is 2.73. The first-order valence-corrected chi connectivity index (χ1v) is 8.10. The molecule has 110 valence electrons. The van der Waals surface area contributed by atoms with Crippen molar-refractivity contribution in [1.82, 2.24) is 10.2 Å². The number of para-hydroxylation sites is 1. The number of anilines is 1. The number of amides is 1. The fraction of sp³-hybridized carbons (Fsp3) is 0.400. The van der Waals surface area contributed by atoms with Crippen molar-refractivity contribution in [3.8, 4) is 0 Å². The summed E-state index contributed by atoms with van der Waals surface area (Å²) in [6, 6.07) is 8.10. The minimum Gasteiger partial charge on any atom is -0.416 e. The summed E-state index contributed by atoms with van der Waals surface area (Å²) in [5.74, 6) is 1.01. The van der Waals surface area contributed by atoms with Crippen molar-refractivity contribution in [1.29, 1.82) is 0 Å². The first-order valence-electron chi connectivity index (χ1n) is 7.11. The molecule has 0 radical (unpaired) electrons. The van der Waals surface area contributed by atoms with Crippen LogP contribution in [0.15, 0.2) is 33.9 Å². The van der Waals surface area contributed by atoms with Gasteiger partial charge in [-0.2, -0.15) is 0 Å². The number of benzene rings is 1. The second kappa shape index (κ2) is 6.30. The van der Waals surface area contributed by atoms with Crippen molar-refractivity contribution in [3.05, 3.63) is 35.7 Å². The first kappa shape index (κ1) is 14.1. The van der Waals surface area contributed by atoms with Crippen molar-refractivity contribution in [2.75, 3.05) is 17.2 Å². The van der Waals surface area contributed by atoms with Crippen molar-refractivity contribution >= 4 is 23.4 Å². The fourth-order valence-electron chi connectivity index (χ4n) is 2.43. The lowest BCUT2D eigenvalue weighted by atomic mass is 10.0. The zero-order valence-corrected chi connectivity index (χ0v) is 12.7. The van der Waals surface area contributed by atoms with E-state index in [1.54, 1.807) is 0 Å². The number of fused-ring (bicyclic) bond motifs is 1. The highest BCUT2D eigenvalue weighted by atomic mass is 32.2. The van der Waals surface area contributed by atoms with Crippen LogP contribution in [0.3, 0.4) is 0 Å². The molecule has 3 rings (SSSR count). The van der Waals surface area contributed by atoms with Crippen molar-refractivity contribution in [2.45, 2.75) is 31.4 Å². The van der Waals surface area contributed by atoms with E-state index in [1.807, 2.05) is 30.0 Å². The maximum absolute atomic E-state index is 12.4. The molecular weight excluding hydrogens is 286 g/mol. The zero-order valence-electron chi connectivity index (χ0n) is 11.9. The number of rotatable bonds is 4.